The van der Waals surface area contributed by atoms with Crippen LogP contribution in [0.15, 0.2) is 30.3 Å². The van der Waals surface area contributed by atoms with Gasteiger partial charge >= 0.3 is 5.97 Å². The molecule has 0 aliphatic carbocycles. The normalized spacial score (nSPS) is 11.8. The Kier molecular flexibility index (Phi) is 5.16. The minimum atomic E-state index is -0.680. The van der Waals surface area contributed by atoms with Gasteiger partial charge < -0.3 is 10.5 Å². The number of hydrogen-bond donors (Lipinski definition) is 2. The maximum atomic E-state index is 11.3. The summed E-state index contributed by atoms with van der Waals surface area (Å²) in [4.78, 5) is 22.4. The molecule has 0 radical (unpaired) electrons. The van der Waals surface area contributed by atoms with Gasteiger partial charge in [0.25, 0.3) is 0 Å². The van der Waals surface area contributed by atoms with E-state index in [1.165, 1.54) is 0 Å². The van der Waals surface area contributed by atoms with Gasteiger partial charge in [-0.05, 0) is 12.5 Å². The van der Waals surface area contributed by atoms with E-state index < -0.39 is 17.9 Å². The molecule has 17 heavy (non-hydrogen) atoms. The van der Waals surface area contributed by atoms with Crippen molar-refractivity contribution in [3.05, 3.63) is 35.9 Å². The lowest BCUT2D eigenvalue weighted by Crippen LogP contribution is -2.37. The second-order valence-corrected chi connectivity index (χ2v) is 3.43. The van der Waals surface area contributed by atoms with Gasteiger partial charge in [-0.1, -0.05) is 30.3 Å². The minimum Gasteiger partial charge on any atom is -0.465 e. The Balaban J connectivity index is 2.62. The molecule has 0 saturated heterocycles. The van der Waals surface area contributed by atoms with Crippen molar-refractivity contribution in [1.29, 1.82) is 0 Å². The van der Waals surface area contributed by atoms with Crippen molar-refractivity contribution in [2.45, 2.75) is 13.0 Å². The van der Waals surface area contributed by atoms with Crippen molar-refractivity contribution < 1.29 is 14.3 Å². The molecule has 3 N–H and O–H groups in total. The molecule has 1 rings (SSSR count). The third kappa shape index (κ3) is 4.24. The van der Waals surface area contributed by atoms with E-state index >= 15 is 0 Å². The Hall–Kier alpha value is -1.88. The molecule has 0 bridgehead atoms. The van der Waals surface area contributed by atoms with Crippen LogP contribution >= 0.6 is 0 Å². The van der Waals surface area contributed by atoms with Crippen LogP contribution < -0.4 is 11.1 Å². The SMILES string of the molecule is CCOC(=O)CNC(C(N)=O)c1ccccc1. The summed E-state index contributed by atoms with van der Waals surface area (Å²) in [7, 11) is 0. The van der Waals surface area contributed by atoms with E-state index in [0.717, 1.165) is 5.56 Å². The smallest absolute Gasteiger partial charge is 0.319 e. The first-order chi connectivity index (χ1) is 8.15. The first-order valence-electron chi connectivity index (χ1n) is 5.38. The van der Waals surface area contributed by atoms with E-state index in [4.69, 9.17) is 10.5 Å². The fourth-order valence-electron chi connectivity index (χ4n) is 1.43. The van der Waals surface area contributed by atoms with Gasteiger partial charge in [-0.25, -0.2) is 0 Å². The third-order valence-corrected chi connectivity index (χ3v) is 2.17. The number of nitrogens with two attached hydrogens (primary N) is 1. The Morgan fingerprint density at radius 1 is 1.35 bits per heavy atom. The molecule has 0 aromatic heterocycles. The van der Waals surface area contributed by atoms with Crippen LogP contribution in [0.2, 0.25) is 0 Å². The fourth-order valence-corrected chi connectivity index (χ4v) is 1.43. The molecular formula is C12H16N2O3. The highest BCUT2D eigenvalue weighted by molar-refractivity contribution is 5.82. The number of amides is 1. The van der Waals surface area contributed by atoms with Gasteiger partial charge in [0.1, 0.15) is 6.04 Å². The largest absolute Gasteiger partial charge is 0.465 e. The number of nitrogens with one attached hydrogen (secondary N) is 1. The lowest BCUT2D eigenvalue weighted by molar-refractivity contribution is -0.142. The molecule has 1 amide bonds. The Morgan fingerprint density at radius 2 is 2.00 bits per heavy atom. The zero-order valence-electron chi connectivity index (χ0n) is 9.68. The summed E-state index contributed by atoms with van der Waals surface area (Å²) in [6.45, 7) is 1.99. The molecular weight excluding hydrogens is 220 g/mol. The van der Waals surface area contributed by atoms with Crippen LogP contribution in [0.5, 0.6) is 0 Å². The molecule has 0 aliphatic rings. The van der Waals surface area contributed by atoms with Crippen LogP contribution in [0.3, 0.4) is 0 Å². The topological polar surface area (TPSA) is 81.4 Å². The van der Waals surface area contributed by atoms with Gasteiger partial charge in [-0.3, -0.25) is 14.9 Å². The zero-order valence-corrected chi connectivity index (χ0v) is 9.68. The molecule has 0 saturated carbocycles. The van der Waals surface area contributed by atoms with Crippen LogP contribution in [-0.2, 0) is 14.3 Å². The molecule has 1 unspecified atom stereocenters. The van der Waals surface area contributed by atoms with Gasteiger partial charge in [-0.2, -0.15) is 0 Å². The average molecular weight is 236 g/mol. The van der Waals surface area contributed by atoms with Crippen molar-refractivity contribution in [2.24, 2.45) is 5.73 Å². The maximum absolute atomic E-state index is 11.3. The second-order valence-electron chi connectivity index (χ2n) is 3.43. The summed E-state index contributed by atoms with van der Waals surface area (Å²) >= 11 is 0. The van der Waals surface area contributed by atoms with E-state index in [9.17, 15) is 9.59 Å². The molecule has 0 heterocycles. The summed E-state index contributed by atoms with van der Waals surface area (Å²) in [5.74, 6) is -0.935. The number of esters is 1. The standard InChI is InChI=1S/C12H16N2O3/c1-2-17-10(15)8-14-11(12(13)16)9-6-4-3-5-7-9/h3-7,11,14H,2,8H2,1H3,(H2,13,16). The number of primary amides is 1. The number of rotatable bonds is 6. The van der Waals surface area contributed by atoms with Gasteiger partial charge in [-0.15, -0.1) is 0 Å². The zero-order chi connectivity index (χ0) is 12.7. The van der Waals surface area contributed by atoms with E-state index in [1.54, 1.807) is 31.2 Å². The minimum absolute atomic E-state index is 0.0453. The van der Waals surface area contributed by atoms with Crippen LogP contribution in [0.4, 0.5) is 0 Å². The van der Waals surface area contributed by atoms with Crippen molar-refractivity contribution in [3.8, 4) is 0 Å². The molecule has 5 heteroatoms. The number of carbonyl (C=O) groups excluding carboxylic acids is 2. The van der Waals surface area contributed by atoms with E-state index in [2.05, 4.69) is 5.32 Å². The molecule has 0 fully saturated rings. The monoisotopic (exact) mass is 236 g/mol. The predicted molar refractivity (Wildman–Crippen MR) is 63.0 cm³/mol. The summed E-state index contributed by atoms with van der Waals surface area (Å²) < 4.78 is 4.75. The van der Waals surface area contributed by atoms with Gasteiger partial charge in [0.2, 0.25) is 5.91 Å². The summed E-state index contributed by atoms with van der Waals surface area (Å²) in [6, 6.07) is 8.31. The molecule has 0 aliphatic heterocycles. The summed E-state index contributed by atoms with van der Waals surface area (Å²) in [5.41, 5.74) is 6.00. The Labute approximate surface area is 99.9 Å². The third-order valence-electron chi connectivity index (χ3n) is 2.17. The molecule has 1 aromatic rings. The number of hydrogen-bond acceptors (Lipinski definition) is 4. The quantitative estimate of drug-likeness (QED) is 0.699. The summed E-state index contributed by atoms with van der Waals surface area (Å²) in [6.07, 6.45) is 0. The molecule has 0 spiro atoms. The van der Waals surface area contributed by atoms with Gasteiger partial charge in [0, 0.05) is 0 Å². The lowest BCUT2D eigenvalue weighted by Gasteiger charge is -2.15. The first-order valence-corrected chi connectivity index (χ1v) is 5.38. The van der Waals surface area contributed by atoms with Crippen LogP contribution in [0.25, 0.3) is 0 Å². The lowest BCUT2D eigenvalue weighted by atomic mass is 10.1. The predicted octanol–water partition coefficient (Wildman–Crippen LogP) is 0.366. The highest BCUT2D eigenvalue weighted by Crippen LogP contribution is 2.11. The van der Waals surface area contributed by atoms with E-state index in [-0.39, 0.29) is 6.54 Å². The molecule has 92 valence electrons. The molecule has 1 atom stereocenters. The van der Waals surface area contributed by atoms with Crippen molar-refractivity contribution >= 4 is 11.9 Å². The van der Waals surface area contributed by atoms with Crippen molar-refractivity contribution in [1.82, 2.24) is 5.32 Å². The second kappa shape index (κ2) is 6.65. The fraction of sp³-hybridized carbons (Fsp3) is 0.333. The van der Waals surface area contributed by atoms with Gasteiger partial charge in [0.05, 0.1) is 13.2 Å². The van der Waals surface area contributed by atoms with Crippen LogP contribution in [0, 0.1) is 0 Å². The number of benzene rings is 1. The maximum Gasteiger partial charge on any atom is 0.319 e. The van der Waals surface area contributed by atoms with Crippen molar-refractivity contribution in [3.63, 3.8) is 0 Å². The summed E-state index contributed by atoms with van der Waals surface area (Å²) in [5, 5.41) is 2.77. The highest BCUT2D eigenvalue weighted by atomic mass is 16.5. The van der Waals surface area contributed by atoms with E-state index in [1.807, 2.05) is 6.07 Å². The van der Waals surface area contributed by atoms with Gasteiger partial charge in [0.15, 0.2) is 0 Å². The Bertz CT molecular complexity index is 379. The molecule has 1 aromatic carbocycles. The highest BCUT2D eigenvalue weighted by Gasteiger charge is 2.18. The first kappa shape index (κ1) is 13.2. The molecule has 5 nitrogen and oxygen atoms in total. The average Bonchev–Trinajstić information content (AvgIpc) is 2.30. The van der Waals surface area contributed by atoms with E-state index in [0.29, 0.717) is 6.61 Å². The van der Waals surface area contributed by atoms with Crippen LogP contribution in [0.1, 0.15) is 18.5 Å². The number of ether oxygens (including phenoxy) is 1. The van der Waals surface area contributed by atoms with Crippen molar-refractivity contribution in [2.75, 3.05) is 13.2 Å². The number of carbonyl (C=O) groups is 2. The van der Waals surface area contributed by atoms with Crippen LogP contribution in [-0.4, -0.2) is 25.0 Å². The Morgan fingerprint density at radius 3 is 2.53 bits per heavy atom.